The average Bonchev–Trinajstić information content (AvgIpc) is 4.33. The summed E-state index contributed by atoms with van der Waals surface area (Å²) in [5, 5.41) is 17.2. The van der Waals surface area contributed by atoms with Crippen LogP contribution in [0.25, 0.3) is 29.3 Å². The SMILES string of the molecule is NCCCCC(N)C(=O)NC(Cc1ccccc1)C(=O)NCCNC(=O)CCCc1ccc(-c2ccc(-c3ccc(-c4ccc(CCCC(=O)NCCNC(=O)C(Cc5ccccc5)NC(=O)C(N)CCCCN)s4)s3)s2)s1. The number of benzene rings is 2. The van der Waals surface area contributed by atoms with Gasteiger partial charge in [0.1, 0.15) is 12.1 Å². The van der Waals surface area contributed by atoms with Crippen molar-refractivity contribution in [3.05, 3.63) is 130 Å². The largest absolute Gasteiger partial charge is 0.354 e. The Morgan fingerprint density at radius 2 is 0.744 bits per heavy atom. The summed E-state index contributed by atoms with van der Waals surface area (Å²) in [6.07, 6.45) is 8.28. The summed E-state index contributed by atoms with van der Waals surface area (Å²) in [7, 11) is 0. The molecule has 0 radical (unpaired) electrons. The molecule has 20 heteroatoms. The lowest BCUT2D eigenvalue weighted by Crippen LogP contribution is -2.53. The molecule has 4 heterocycles. The third-order valence-corrected chi connectivity index (χ3v) is 17.9. The molecule has 0 aliphatic rings. The van der Waals surface area contributed by atoms with Crippen molar-refractivity contribution >= 4 is 80.8 Å². The van der Waals surface area contributed by atoms with Gasteiger partial charge in [0.2, 0.25) is 35.4 Å². The molecule has 4 aromatic heterocycles. The molecule has 0 saturated carbocycles. The topological polar surface area (TPSA) is 279 Å². The van der Waals surface area contributed by atoms with Crippen molar-refractivity contribution in [3.63, 3.8) is 0 Å². The minimum Gasteiger partial charge on any atom is -0.354 e. The van der Waals surface area contributed by atoms with Crippen LogP contribution in [0.1, 0.15) is 85.1 Å². The Morgan fingerprint density at radius 3 is 1.12 bits per heavy atom. The molecule has 0 spiro atoms. The minimum absolute atomic E-state index is 0.0835. The molecule has 4 atom stereocenters. The molecule has 0 fully saturated rings. The third-order valence-electron chi connectivity index (χ3n) is 12.9. The van der Waals surface area contributed by atoms with Gasteiger partial charge >= 0.3 is 0 Å². The van der Waals surface area contributed by atoms with Crippen molar-refractivity contribution in [1.82, 2.24) is 31.9 Å². The summed E-state index contributed by atoms with van der Waals surface area (Å²) in [6.45, 7) is 2.05. The molecule has 2 aromatic carbocycles. The Hall–Kier alpha value is -6.10. The van der Waals surface area contributed by atoms with Crippen LogP contribution in [0.4, 0.5) is 0 Å². The maximum absolute atomic E-state index is 13.2. The Kier molecular flexibility index (Phi) is 26.1. The number of nitrogens with two attached hydrogens (primary N) is 4. The summed E-state index contributed by atoms with van der Waals surface area (Å²) >= 11 is 7.02. The van der Waals surface area contributed by atoms with E-state index >= 15 is 0 Å². The average molecular weight is 1140 g/mol. The van der Waals surface area contributed by atoms with Crippen molar-refractivity contribution in [2.24, 2.45) is 22.9 Å². The Bertz CT molecular complexity index is 2610. The van der Waals surface area contributed by atoms with Gasteiger partial charge in [-0.1, -0.05) is 73.5 Å². The number of aryl methyl sites for hydroxylation is 2. The van der Waals surface area contributed by atoms with Gasteiger partial charge in [-0.2, -0.15) is 0 Å². The van der Waals surface area contributed by atoms with Crippen molar-refractivity contribution in [3.8, 4) is 29.3 Å². The van der Waals surface area contributed by atoms with Gasteiger partial charge in [0.25, 0.3) is 0 Å². The molecule has 78 heavy (non-hydrogen) atoms. The molecule has 418 valence electrons. The number of carbonyl (C=O) groups is 6. The first-order valence-electron chi connectivity index (χ1n) is 27.0. The predicted octanol–water partition coefficient (Wildman–Crippen LogP) is 6.41. The van der Waals surface area contributed by atoms with E-state index in [1.807, 2.05) is 60.7 Å². The fraction of sp³-hybridized carbons (Fsp3) is 0.414. The molecular weight excluding hydrogens is 1060 g/mol. The van der Waals surface area contributed by atoms with Crippen molar-refractivity contribution in [1.29, 1.82) is 0 Å². The van der Waals surface area contributed by atoms with Crippen molar-refractivity contribution in [2.75, 3.05) is 39.3 Å². The van der Waals surface area contributed by atoms with Crippen LogP contribution in [-0.2, 0) is 54.5 Å². The lowest BCUT2D eigenvalue weighted by atomic mass is 10.0. The zero-order valence-electron chi connectivity index (χ0n) is 44.2. The van der Waals surface area contributed by atoms with Gasteiger partial charge in [-0.25, -0.2) is 0 Å². The van der Waals surface area contributed by atoms with Gasteiger partial charge in [-0.15, -0.1) is 45.3 Å². The highest BCUT2D eigenvalue weighted by Gasteiger charge is 2.26. The van der Waals surface area contributed by atoms with Crippen LogP contribution < -0.4 is 54.8 Å². The number of rotatable bonds is 35. The highest BCUT2D eigenvalue weighted by Crippen LogP contribution is 2.43. The predicted molar refractivity (Wildman–Crippen MR) is 318 cm³/mol. The molecule has 4 unspecified atom stereocenters. The van der Waals surface area contributed by atoms with E-state index in [0.717, 1.165) is 49.7 Å². The van der Waals surface area contributed by atoms with E-state index in [2.05, 4.69) is 80.4 Å². The molecule has 14 N–H and O–H groups in total. The van der Waals surface area contributed by atoms with Crippen LogP contribution in [0, 0.1) is 0 Å². The molecular formula is C58H76N10O6S4. The summed E-state index contributed by atoms with van der Waals surface area (Å²) < 4.78 is 0. The van der Waals surface area contributed by atoms with E-state index < -0.39 is 24.2 Å². The van der Waals surface area contributed by atoms with Crippen molar-refractivity contribution < 1.29 is 28.8 Å². The van der Waals surface area contributed by atoms with Crippen LogP contribution in [0.15, 0.2) is 109 Å². The first kappa shape index (κ1) is 61.1. The number of hydrogen-bond donors (Lipinski definition) is 10. The Balaban J connectivity index is 0.864. The molecule has 0 aliphatic heterocycles. The lowest BCUT2D eigenvalue weighted by Gasteiger charge is -2.21. The number of amides is 6. The highest BCUT2D eigenvalue weighted by atomic mass is 32.1. The van der Waals surface area contributed by atoms with E-state index in [-0.39, 0.29) is 61.6 Å². The number of nitrogens with one attached hydrogen (secondary N) is 6. The molecule has 16 nitrogen and oxygen atoms in total. The zero-order valence-corrected chi connectivity index (χ0v) is 47.5. The van der Waals surface area contributed by atoms with Gasteiger partial charge in [0.05, 0.1) is 12.1 Å². The fourth-order valence-electron chi connectivity index (χ4n) is 8.49. The van der Waals surface area contributed by atoms with Gasteiger partial charge < -0.3 is 54.8 Å². The normalized spacial score (nSPS) is 12.7. The molecule has 0 saturated heterocycles. The Labute approximate surface area is 474 Å². The van der Waals surface area contributed by atoms with E-state index in [9.17, 15) is 28.8 Å². The monoisotopic (exact) mass is 1140 g/mol. The molecule has 6 rings (SSSR count). The molecule has 6 amide bonds. The first-order chi connectivity index (χ1) is 37.9. The summed E-state index contributed by atoms with van der Waals surface area (Å²) in [5.41, 5.74) is 25.2. The van der Waals surface area contributed by atoms with Gasteiger partial charge in [-0.3, -0.25) is 28.8 Å². The number of hydrogen-bond acceptors (Lipinski definition) is 14. The van der Waals surface area contributed by atoms with Crippen LogP contribution in [-0.4, -0.2) is 98.9 Å². The Morgan fingerprint density at radius 1 is 0.397 bits per heavy atom. The zero-order chi connectivity index (χ0) is 55.5. The second-order valence-electron chi connectivity index (χ2n) is 19.1. The maximum atomic E-state index is 13.2. The smallest absolute Gasteiger partial charge is 0.242 e. The highest BCUT2D eigenvalue weighted by molar-refractivity contribution is 7.28. The minimum atomic E-state index is -0.806. The summed E-state index contributed by atoms with van der Waals surface area (Å²) in [4.78, 5) is 87.1. The lowest BCUT2D eigenvalue weighted by molar-refractivity contribution is -0.129. The fourth-order valence-corrected chi connectivity index (χ4v) is 12.9. The number of thiophene rings is 4. The van der Waals surface area contributed by atoms with Crippen molar-refractivity contribution in [2.45, 2.75) is 114 Å². The van der Waals surface area contributed by atoms with Crippen LogP contribution in [0.2, 0.25) is 0 Å². The summed E-state index contributed by atoms with van der Waals surface area (Å²) in [6, 6.07) is 33.1. The van der Waals surface area contributed by atoms with Crippen LogP contribution in [0.3, 0.4) is 0 Å². The van der Waals surface area contributed by atoms with E-state index in [1.165, 1.54) is 39.0 Å². The van der Waals surface area contributed by atoms with E-state index in [1.54, 1.807) is 45.3 Å². The standard InChI is InChI=1S/C58H76N10O6S4/c59-31-9-7-19-43(61)55(71)67-45(37-39-13-3-1-4-14-39)57(73)65-35-33-63-53(69)21-11-17-41-23-25-47(75-41)49-27-29-51(77-49)52-30-28-50(78-52)48-26-24-42(76-48)18-12-22-54(70)64-34-36-66-58(74)46(38-40-15-5-2-6-16-40)68-56(72)44(62)20-8-10-32-60/h1-6,13-16,23-30,43-46H,7-12,17-22,31-38,59-62H2,(H,63,69)(H,64,70)(H,65,73)(H,66,74)(H,67,71)(H,68,72). The first-order valence-corrected chi connectivity index (χ1v) is 30.2. The van der Waals surface area contributed by atoms with E-state index in [0.29, 0.717) is 64.5 Å². The molecule has 0 bridgehead atoms. The quantitative estimate of drug-likeness (QED) is 0.0195. The summed E-state index contributed by atoms with van der Waals surface area (Å²) in [5.74, 6) is -1.60. The number of unbranched alkanes of at least 4 members (excludes halogenated alkanes) is 2. The molecule has 0 aliphatic carbocycles. The van der Waals surface area contributed by atoms with E-state index in [4.69, 9.17) is 22.9 Å². The second kappa shape index (κ2) is 33.4. The van der Waals surface area contributed by atoms with Gasteiger partial charge in [0, 0.05) is 90.9 Å². The maximum Gasteiger partial charge on any atom is 0.242 e. The third kappa shape index (κ3) is 20.9. The van der Waals surface area contributed by atoms with Gasteiger partial charge in [0.15, 0.2) is 0 Å². The van der Waals surface area contributed by atoms with Gasteiger partial charge in [-0.05, 0) is 124 Å². The van der Waals surface area contributed by atoms with Crippen LogP contribution in [0.5, 0.6) is 0 Å². The molecule has 6 aromatic rings. The number of carbonyl (C=O) groups excluding carboxylic acids is 6. The van der Waals surface area contributed by atoms with Crippen LogP contribution >= 0.6 is 45.3 Å². The second-order valence-corrected chi connectivity index (χ2v) is 23.6.